The van der Waals surface area contributed by atoms with E-state index < -0.39 is 0 Å². The highest BCUT2D eigenvalue weighted by Gasteiger charge is 2.24. The molecule has 2 N–H and O–H groups in total. The van der Waals surface area contributed by atoms with E-state index >= 15 is 0 Å². The molecule has 0 bridgehead atoms. The van der Waals surface area contributed by atoms with Gasteiger partial charge in [0.25, 0.3) is 0 Å². The van der Waals surface area contributed by atoms with Crippen molar-refractivity contribution in [3.8, 4) is 0 Å². The standard InChI is InChI=1S/C15H25N3/c1-9(2)13-11(4)17-15(18-14(13)16)12-7-5-6-10(3)8-12/h9-10,12H,5-8H2,1-4H3,(H2,16,17,18). The maximum absolute atomic E-state index is 6.11. The number of nitrogens with two attached hydrogens (primary N) is 1. The van der Waals surface area contributed by atoms with Crippen molar-refractivity contribution in [2.75, 3.05) is 5.73 Å². The number of nitrogen functional groups attached to an aromatic ring is 1. The molecule has 0 aliphatic heterocycles. The Bertz CT molecular complexity index is 403. The van der Waals surface area contributed by atoms with Crippen LogP contribution in [0.15, 0.2) is 0 Å². The number of nitrogens with zero attached hydrogens (tertiary/aromatic N) is 2. The molecule has 1 aromatic rings. The molecule has 1 heterocycles. The number of rotatable bonds is 2. The predicted molar refractivity (Wildman–Crippen MR) is 75.6 cm³/mol. The van der Waals surface area contributed by atoms with Gasteiger partial charge in [0.05, 0.1) is 0 Å². The lowest BCUT2D eigenvalue weighted by Gasteiger charge is -2.26. The molecule has 100 valence electrons. The topological polar surface area (TPSA) is 51.8 Å². The lowest BCUT2D eigenvalue weighted by atomic mass is 9.82. The fourth-order valence-electron chi connectivity index (χ4n) is 3.19. The Hall–Kier alpha value is -1.12. The van der Waals surface area contributed by atoms with E-state index in [1.54, 1.807) is 0 Å². The van der Waals surface area contributed by atoms with Crippen LogP contribution in [0, 0.1) is 12.8 Å². The number of anilines is 1. The average molecular weight is 247 g/mol. The first-order valence-electron chi connectivity index (χ1n) is 7.13. The summed E-state index contributed by atoms with van der Waals surface area (Å²) in [4.78, 5) is 9.30. The summed E-state index contributed by atoms with van der Waals surface area (Å²) in [5.74, 6) is 3.35. The first kappa shape index (κ1) is 13.3. The second kappa shape index (κ2) is 5.25. The van der Waals surface area contributed by atoms with Gasteiger partial charge in [-0.3, -0.25) is 0 Å². The molecule has 0 radical (unpaired) electrons. The fraction of sp³-hybridized carbons (Fsp3) is 0.733. The molecule has 1 aliphatic carbocycles. The molecule has 2 atom stereocenters. The zero-order valence-corrected chi connectivity index (χ0v) is 12.0. The van der Waals surface area contributed by atoms with Gasteiger partial charge in [-0.25, -0.2) is 9.97 Å². The molecular weight excluding hydrogens is 222 g/mol. The third kappa shape index (κ3) is 2.65. The summed E-state index contributed by atoms with van der Waals surface area (Å²) in [6.07, 6.45) is 5.05. The van der Waals surface area contributed by atoms with Gasteiger partial charge < -0.3 is 5.73 Å². The Morgan fingerprint density at radius 2 is 1.94 bits per heavy atom. The van der Waals surface area contributed by atoms with Crippen molar-refractivity contribution >= 4 is 5.82 Å². The molecule has 2 rings (SSSR count). The highest BCUT2D eigenvalue weighted by Crippen LogP contribution is 2.35. The zero-order chi connectivity index (χ0) is 13.3. The quantitative estimate of drug-likeness (QED) is 0.865. The van der Waals surface area contributed by atoms with Crippen LogP contribution >= 0.6 is 0 Å². The van der Waals surface area contributed by atoms with Gasteiger partial charge in [-0.05, 0) is 31.6 Å². The second-order valence-corrected chi connectivity index (χ2v) is 6.09. The van der Waals surface area contributed by atoms with Gasteiger partial charge in [-0.15, -0.1) is 0 Å². The van der Waals surface area contributed by atoms with E-state index in [1.165, 1.54) is 25.7 Å². The van der Waals surface area contributed by atoms with Gasteiger partial charge in [0.15, 0.2) is 0 Å². The molecule has 18 heavy (non-hydrogen) atoms. The van der Waals surface area contributed by atoms with E-state index in [4.69, 9.17) is 10.7 Å². The van der Waals surface area contributed by atoms with Crippen molar-refractivity contribution in [1.82, 2.24) is 9.97 Å². The smallest absolute Gasteiger partial charge is 0.134 e. The van der Waals surface area contributed by atoms with Crippen LogP contribution < -0.4 is 5.73 Å². The van der Waals surface area contributed by atoms with Crippen molar-refractivity contribution in [1.29, 1.82) is 0 Å². The molecule has 0 saturated heterocycles. The van der Waals surface area contributed by atoms with E-state index in [-0.39, 0.29) is 0 Å². The van der Waals surface area contributed by atoms with Gasteiger partial charge in [0.2, 0.25) is 0 Å². The van der Waals surface area contributed by atoms with Gasteiger partial charge in [0.1, 0.15) is 11.6 Å². The summed E-state index contributed by atoms with van der Waals surface area (Å²) in [5, 5.41) is 0. The Morgan fingerprint density at radius 1 is 1.22 bits per heavy atom. The number of aryl methyl sites for hydroxylation is 1. The summed E-state index contributed by atoms with van der Waals surface area (Å²) in [6.45, 7) is 8.67. The molecule has 2 unspecified atom stereocenters. The van der Waals surface area contributed by atoms with Gasteiger partial charge in [0, 0.05) is 17.2 Å². The molecular formula is C15H25N3. The van der Waals surface area contributed by atoms with Crippen molar-refractivity contribution in [2.24, 2.45) is 5.92 Å². The SMILES string of the molecule is Cc1nc(C2CCCC(C)C2)nc(N)c1C(C)C. The molecule has 0 aromatic carbocycles. The summed E-state index contributed by atoms with van der Waals surface area (Å²) in [5.41, 5.74) is 8.29. The minimum absolute atomic E-state index is 0.393. The van der Waals surface area contributed by atoms with Crippen LogP contribution in [-0.4, -0.2) is 9.97 Å². The summed E-state index contributed by atoms with van der Waals surface area (Å²) < 4.78 is 0. The fourth-order valence-corrected chi connectivity index (χ4v) is 3.19. The molecule has 1 aromatic heterocycles. The lowest BCUT2D eigenvalue weighted by Crippen LogP contribution is -2.17. The van der Waals surface area contributed by atoms with Crippen LogP contribution in [0.4, 0.5) is 5.82 Å². The average Bonchev–Trinajstić information content (AvgIpc) is 2.27. The second-order valence-electron chi connectivity index (χ2n) is 6.09. The minimum atomic E-state index is 0.393. The van der Waals surface area contributed by atoms with Crippen LogP contribution in [0.1, 0.15) is 75.4 Å². The van der Waals surface area contributed by atoms with Crippen LogP contribution in [0.25, 0.3) is 0 Å². The largest absolute Gasteiger partial charge is 0.383 e. The van der Waals surface area contributed by atoms with E-state index in [9.17, 15) is 0 Å². The third-order valence-electron chi connectivity index (χ3n) is 4.06. The van der Waals surface area contributed by atoms with Crippen molar-refractivity contribution in [3.63, 3.8) is 0 Å². The molecule has 0 amide bonds. The Balaban J connectivity index is 2.30. The normalized spacial score (nSPS) is 24.5. The van der Waals surface area contributed by atoms with Crippen molar-refractivity contribution in [3.05, 3.63) is 17.1 Å². The van der Waals surface area contributed by atoms with E-state index in [2.05, 4.69) is 32.7 Å². The monoisotopic (exact) mass is 247 g/mol. The first-order chi connectivity index (χ1) is 8.49. The summed E-state index contributed by atoms with van der Waals surface area (Å²) in [6, 6.07) is 0. The lowest BCUT2D eigenvalue weighted by molar-refractivity contribution is 0.335. The highest BCUT2D eigenvalue weighted by atomic mass is 15.0. The molecule has 1 saturated carbocycles. The highest BCUT2D eigenvalue weighted by molar-refractivity contribution is 5.44. The van der Waals surface area contributed by atoms with Crippen LogP contribution in [-0.2, 0) is 0 Å². The van der Waals surface area contributed by atoms with Crippen LogP contribution in [0.5, 0.6) is 0 Å². The number of aromatic nitrogens is 2. The summed E-state index contributed by atoms with van der Waals surface area (Å²) in [7, 11) is 0. The Kier molecular flexibility index (Phi) is 3.88. The molecule has 1 fully saturated rings. The Morgan fingerprint density at radius 3 is 2.50 bits per heavy atom. The number of hydrogen-bond acceptors (Lipinski definition) is 3. The maximum Gasteiger partial charge on any atom is 0.134 e. The molecule has 0 spiro atoms. The van der Waals surface area contributed by atoms with Crippen LogP contribution in [0.3, 0.4) is 0 Å². The van der Waals surface area contributed by atoms with Crippen LogP contribution in [0.2, 0.25) is 0 Å². The first-order valence-corrected chi connectivity index (χ1v) is 7.13. The van der Waals surface area contributed by atoms with E-state index in [0.29, 0.717) is 17.7 Å². The molecule has 3 nitrogen and oxygen atoms in total. The van der Waals surface area contributed by atoms with Crippen molar-refractivity contribution < 1.29 is 0 Å². The van der Waals surface area contributed by atoms with Crippen molar-refractivity contribution in [2.45, 2.75) is 65.2 Å². The van der Waals surface area contributed by atoms with Gasteiger partial charge in [-0.1, -0.05) is 33.6 Å². The van der Waals surface area contributed by atoms with Gasteiger partial charge >= 0.3 is 0 Å². The summed E-state index contributed by atoms with van der Waals surface area (Å²) >= 11 is 0. The van der Waals surface area contributed by atoms with E-state index in [1.807, 2.05) is 0 Å². The minimum Gasteiger partial charge on any atom is -0.383 e. The predicted octanol–water partition coefficient (Wildman–Crippen LogP) is 3.78. The Labute approximate surface area is 110 Å². The molecule has 3 heteroatoms. The zero-order valence-electron chi connectivity index (χ0n) is 12.0. The molecule has 1 aliphatic rings. The third-order valence-corrected chi connectivity index (χ3v) is 4.06. The van der Waals surface area contributed by atoms with Gasteiger partial charge in [-0.2, -0.15) is 0 Å². The maximum atomic E-state index is 6.11. The number of hydrogen-bond donors (Lipinski definition) is 1. The van der Waals surface area contributed by atoms with E-state index in [0.717, 1.165) is 23.0 Å².